The van der Waals surface area contributed by atoms with E-state index in [9.17, 15) is 0 Å². The molecule has 106 valence electrons. The Bertz CT molecular complexity index is 496. The van der Waals surface area contributed by atoms with Crippen molar-refractivity contribution >= 4 is 0 Å². The molecule has 2 aromatic carbocycles. The molecule has 0 radical (unpaired) electrons. The van der Waals surface area contributed by atoms with Gasteiger partial charge in [0, 0.05) is 18.6 Å². The van der Waals surface area contributed by atoms with E-state index in [0.29, 0.717) is 0 Å². The number of nitrogens with zero attached hydrogens (tertiary/aromatic N) is 1. The lowest BCUT2D eigenvalue weighted by atomic mass is 10.0. The normalized spacial score (nSPS) is 11.8. The minimum atomic E-state index is 0.185. The second-order valence-electron chi connectivity index (χ2n) is 6.31. The van der Waals surface area contributed by atoms with Crippen molar-refractivity contribution in [3.05, 3.63) is 71.8 Å². The minimum Gasteiger partial charge on any atom is -0.294 e. The molecule has 2 rings (SSSR count). The Morgan fingerprint density at radius 3 is 1.75 bits per heavy atom. The van der Waals surface area contributed by atoms with Crippen LogP contribution in [0.15, 0.2) is 60.7 Å². The first-order chi connectivity index (χ1) is 9.55. The second-order valence-corrected chi connectivity index (χ2v) is 6.31. The van der Waals surface area contributed by atoms with Gasteiger partial charge in [0.15, 0.2) is 0 Å². The largest absolute Gasteiger partial charge is 0.294 e. The minimum absolute atomic E-state index is 0.185. The molecule has 0 aromatic heterocycles. The van der Waals surface area contributed by atoms with Crippen molar-refractivity contribution in [1.29, 1.82) is 0 Å². The molecule has 0 aliphatic carbocycles. The molecule has 0 atom stereocenters. The highest BCUT2D eigenvalue weighted by atomic mass is 15.2. The van der Waals surface area contributed by atoms with Crippen molar-refractivity contribution in [2.45, 2.75) is 39.3 Å². The lowest BCUT2D eigenvalue weighted by Gasteiger charge is -2.36. The fourth-order valence-electron chi connectivity index (χ4n) is 2.36. The van der Waals surface area contributed by atoms with Gasteiger partial charge < -0.3 is 0 Å². The van der Waals surface area contributed by atoms with Gasteiger partial charge in [-0.05, 0) is 38.3 Å². The summed E-state index contributed by atoms with van der Waals surface area (Å²) in [5.74, 6) is 0. The first-order valence-corrected chi connectivity index (χ1v) is 7.38. The van der Waals surface area contributed by atoms with Gasteiger partial charge in [0.25, 0.3) is 0 Å². The molecule has 2 aromatic rings. The predicted octanol–water partition coefficient (Wildman–Crippen LogP) is 4.53. The Morgan fingerprint density at radius 1 is 0.750 bits per heavy atom. The molecule has 0 bridgehead atoms. The summed E-state index contributed by atoms with van der Waals surface area (Å²) in [5.41, 5.74) is 2.98. The highest BCUT2D eigenvalue weighted by Crippen LogP contribution is 2.18. The average molecular weight is 267 g/mol. The molecule has 1 heteroatoms. The molecule has 0 aliphatic heterocycles. The zero-order valence-electron chi connectivity index (χ0n) is 12.8. The summed E-state index contributed by atoms with van der Waals surface area (Å²) in [7, 11) is 0. The molecule has 0 N–H and O–H groups in total. The maximum Gasteiger partial charge on any atom is 0.0239 e. The Morgan fingerprint density at radius 2 is 1.25 bits per heavy atom. The van der Waals surface area contributed by atoms with E-state index in [1.54, 1.807) is 0 Å². The van der Waals surface area contributed by atoms with Gasteiger partial charge in [0.1, 0.15) is 0 Å². The van der Waals surface area contributed by atoms with Crippen molar-refractivity contribution in [1.82, 2.24) is 4.90 Å². The Hall–Kier alpha value is -1.60. The fourth-order valence-corrected chi connectivity index (χ4v) is 2.36. The summed E-state index contributed by atoms with van der Waals surface area (Å²) in [6.07, 6.45) is 1.10. The topological polar surface area (TPSA) is 3.24 Å². The van der Waals surface area contributed by atoms with Gasteiger partial charge in [-0.1, -0.05) is 60.7 Å². The number of hydrogen-bond donors (Lipinski definition) is 0. The standard InChI is InChI=1S/C19H25N/c1-19(2,3)20(16-18-12-8-5-9-13-18)15-14-17-10-6-4-7-11-17/h4-13H,14-16H2,1-3H3. The molecule has 0 fully saturated rings. The quantitative estimate of drug-likeness (QED) is 0.769. The summed E-state index contributed by atoms with van der Waals surface area (Å²) in [6.45, 7) is 8.97. The zero-order valence-corrected chi connectivity index (χ0v) is 12.8. The van der Waals surface area contributed by atoms with Gasteiger partial charge in [-0.3, -0.25) is 4.90 Å². The van der Waals surface area contributed by atoms with E-state index in [4.69, 9.17) is 0 Å². The van der Waals surface area contributed by atoms with E-state index >= 15 is 0 Å². The van der Waals surface area contributed by atoms with Crippen molar-refractivity contribution in [3.8, 4) is 0 Å². The smallest absolute Gasteiger partial charge is 0.0239 e. The molecule has 20 heavy (non-hydrogen) atoms. The summed E-state index contributed by atoms with van der Waals surface area (Å²) in [5, 5.41) is 0. The van der Waals surface area contributed by atoms with Crippen LogP contribution in [-0.2, 0) is 13.0 Å². The molecule has 0 heterocycles. The van der Waals surface area contributed by atoms with Crippen LogP contribution in [0.3, 0.4) is 0 Å². The lowest BCUT2D eigenvalue weighted by Crippen LogP contribution is -2.42. The summed E-state index contributed by atoms with van der Waals surface area (Å²) >= 11 is 0. The van der Waals surface area contributed by atoms with Crippen LogP contribution in [-0.4, -0.2) is 17.0 Å². The van der Waals surface area contributed by atoms with Crippen molar-refractivity contribution in [2.24, 2.45) is 0 Å². The van der Waals surface area contributed by atoms with E-state index in [2.05, 4.69) is 86.3 Å². The van der Waals surface area contributed by atoms with Crippen LogP contribution in [0, 0.1) is 0 Å². The van der Waals surface area contributed by atoms with Crippen LogP contribution in [0.1, 0.15) is 31.9 Å². The molecule has 0 spiro atoms. The highest BCUT2D eigenvalue weighted by Gasteiger charge is 2.20. The van der Waals surface area contributed by atoms with Gasteiger partial charge in [-0.15, -0.1) is 0 Å². The SMILES string of the molecule is CC(C)(C)N(CCc1ccccc1)Cc1ccccc1. The molecule has 0 aliphatic rings. The molecular formula is C19H25N. The molecule has 0 saturated heterocycles. The van der Waals surface area contributed by atoms with Crippen LogP contribution in [0.2, 0.25) is 0 Å². The monoisotopic (exact) mass is 267 g/mol. The van der Waals surface area contributed by atoms with Gasteiger partial charge in [0.05, 0.1) is 0 Å². The third-order valence-corrected chi connectivity index (χ3v) is 3.68. The predicted molar refractivity (Wildman–Crippen MR) is 86.8 cm³/mol. The van der Waals surface area contributed by atoms with Gasteiger partial charge >= 0.3 is 0 Å². The number of rotatable bonds is 5. The van der Waals surface area contributed by atoms with E-state index in [0.717, 1.165) is 19.5 Å². The summed E-state index contributed by atoms with van der Waals surface area (Å²) in [6, 6.07) is 21.5. The van der Waals surface area contributed by atoms with E-state index in [1.807, 2.05) is 0 Å². The van der Waals surface area contributed by atoms with Crippen LogP contribution >= 0.6 is 0 Å². The molecule has 0 amide bonds. The van der Waals surface area contributed by atoms with Crippen LogP contribution in [0.4, 0.5) is 0 Å². The summed E-state index contributed by atoms with van der Waals surface area (Å²) in [4.78, 5) is 2.55. The number of hydrogen-bond acceptors (Lipinski definition) is 1. The third-order valence-electron chi connectivity index (χ3n) is 3.68. The van der Waals surface area contributed by atoms with Crippen molar-refractivity contribution in [2.75, 3.05) is 6.54 Å². The third kappa shape index (κ3) is 4.50. The number of benzene rings is 2. The zero-order chi connectivity index (χ0) is 14.4. The van der Waals surface area contributed by atoms with E-state index < -0.39 is 0 Å². The summed E-state index contributed by atoms with van der Waals surface area (Å²) < 4.78 is 0. The second kappa shape index (κ2) is 6.71. The molecular weight excluding hydrogens is 242 g/mol. The van der Waals surface area contributed by atoms with E-state index in [1.165, 1.54) is 11.1 Å². The average Bonchev–Trinajstić information content (AvgIpc) is 2.44. The van der Waals surface area contributed by atoms with Gasteiger partial charge in [-0.25, -0.2) is 0 Å². The molecule has 0 unspecified atom stereocenters. The van der Waals surface area contributed by atoms with Crippen LogP contribution in [0.5, 0.6) is 0 Å². The van der Waals surface area contributed by atoms with Gasteiger partial charge in [-0.2, -0.15) is 0 Å². The highest BCUT2D eigenvalue weighted by molar-refractivity contribution is 5.16. The van der Waals surface area contributed by atoms with Crippen molar-refractivity contribution in [3.63, 3.8) is 0 Å². The van der Waals surface area contributed by atoms with Gasteiger partial charge in [0.2, 0.25) is 0 Å². The molecule has 0 saturated carbocycles. The van der Waals surface area contributed by atoms with Crippen LogP contribution < -0.4 is 0 Å². The van der Waals surface area contributed by atoms with E-state index in [-0.39, 0.29) is 5.54 Å². The lowest BCUT2D eigenvalue weighted by molar-refractivity contribution is 0.129. The first kappa shape index (κ1) is 14.8. The maximum atomic E-state index is 2.55. The fraction of sp³-hybridized carbons (Fsp3) is 0.368. The molecule has 1 nitrogen and oxygen atoms in total. The first-order valence-electron chi connectivity index (χ1n) is 7.38. The van der Waals surface area contributed by atoms with Crippen molar-refractivity contribution < 1.29 is 0 Å². The van der Waals surface area contributed by atoms with Crippen LogP contribution in [0.25, 0.3) is 0 Å². The maximum absolute atomic E-state index is 2.55. The Kier molecular flexibility index (Phi) is 4.97. The Labute approximate surface area is 123 Å². The Balaban J connectivity index is 2.01.